The van der Waals surface area contributed by atoms with Gasteiger partial charge in [0.2, 0.25) is 0 Å². The van der Waals surface area contributed by atoms with E-state index in [-0.39, 0.29) is 12.2 Å². The maximum atomic E-state index is 12.6. The van der Waals surface area contributed by atoms with E-state index in [1.54, 1.807) is 39.5 Å². The number of ether oxygens (including phenoxy) is 1. The molecular formula is C20H21N3O4. The molecule has 2 heterocycles. The van der Waals surface area contributed by atoms with E-state index in [1.807, 2.05) is 28.8 Å². The summed E-state index contributed by atoms with van der Waals surface area (Å²) in [5, 5.41) is 9.84. The van der Waals surface area contributed by atoms with Gasteiger partial charge >= 0.3 is 11.9 Å². The molecule has 0 saturated heterocycles. The van der Waals surface area contributed by atoms with Gasteiger partial charge in [0.05, 0.1) is 18.5 Å². The zero-order chi connectivity index (χ0) is 19.6. The average Bonchev–Trinajstić information content (AvgIpc) is 3.15. The molecule has 1 aromatic carbocycles. The predicted molar refractivity (Wildman–Crippen MR) is 99.9 cm³/mol. The van der Waals surface area contributed by atoms with Crippen molar-refractivity contribution in [2.24, 2.45) is 10.9 Å². The largest absolute Gasteiger partial charge is 0.481 e. The SMILES string of the molecule is CCOC(=O)C1=C(C)N=C(C)C(C(=O)O)C1c1cccc(-n2ccnc2)c1. The maximum Gasteiger partial charge on any atom is 0.336 e. The number of allylic oxidation sites excluding steroid dienone is 1. The molecule has 140 valence electrons. The number of imidazole rings is 1. The summed E-state index contributed by atoms with van der Waals surface area (Å²) in [6, 6.07) is 7.42. The average molecular weight is 367 g/mol. The summed E-state index contributed by atoms with van der Waals surface area (Å²) in [7, 11) is 0. The summed E-state index contributed by atoms with van der Waals surface area (Å²) in [5.41, 5.74) is 2.78. The van der Waals surface area contributed by atoms with Gasteiger partial charge in [-0.25, -0.2) is 9.78 Å². The minimum absolute atomic E-state index is 0.206. The van der Waals surface area contributed by atoms with Gasteiger partial charge in [-0.1, -0.05) is 12.1 Å². The number of benzene rings is 1. The van der Waals surface area contributed by atoms with Gasteiger partial charge in [-0.2, -0.15) is 0 Å². The van der Waals surface area contributed by atoms with Crippen LogP contribution in [0.4, 0.5) is 0 Å². The molecule has 7 nitrogen and oxygen atoms in total. The molecule has 7 heteroatoms. The molecule has 2 atom stereocenters. The molecule has 27 heavy (non-hydrogen) atoms. The number of aliphatic imine (C=N–C) groups is 1. The molecule has 0 radical (unpaired) electrons. The van der Waals surface area contributed by atoms with Crippen LogP contribution in [0.2, 0.25) is 0 Å². The fourth-order valence-electron chi connectivity index (χ4n) is 3.48. The number of aliphatic carboxylic acids is 1. The molecule has 0 amide bonds. The zero-order valence-electron chi connectivity index (χ0n) is 15.4. The van der Waals surface area contributed by atoms with Crippen LogP contribution in [0.15, 0.2) is 59.2 Å². The van der Waals surface area contributed by atoms with Crippen LogP contribution in [0.1, 0.15) is 32.3 Å². The van der Waals surface area contributed by atoms with Crippen LogP contribution in [0.3, 0.4) is 0 Å². The summed E-state index contributed by atoms with van der Waals surface area (Å²) >= 11 is 0. The van der Waals surface area contributed by atoms with E-state index >= 15 is 0 Å². The third kappa shape index (κ3) is 3.53. The minimum atomic E-state index is -1.02. The third-order valence-corrected chi connectivity index (χ3v) is 4.62. The van der Waals surface area contributed by atoms with E-state index in [9.17, 15) is 14.7 Å². The van der Waals surface area contributed by atoms with Gasteiger partial charge in [-0.3, -0.25) is 9.79 Å². The molecule has 0 aliphatic carbocycles. The first-order valence-corrected chi connectivity index (χ1v) is 8.68. The van der Waals surface area contributed by atoms with E-state index in [0.717, 1.165) is 5.69 Å². The van der Waals surface area contributed by atoms with Crippen LogP contribution >= 0.6 is 0 Å². The maximum absolute atomic E-state index is 12.6. The number of nitrogens with zero attached hydrogens (tertiary/aromatic N) is 3. The standard InChI is InChI=1S/C20H21N3O4/c1-4-27-20(26)17-13(3)22-12(2)16(19(24)25)18(17)14-6-5-7-15(10-14)23-9-8-21-11-23/h5-11,16,18H,4H2,1-3H3,(H,24,25). The van der Waals surface area contributed by atoms with Crippen molar-refractivity contribution in [1.29, 1.82) is 0 Å². The lowest BCUT2D eigenvalue weighted by Crippen LogP contribution is -2.35. The second-order valence-corrected chi connectivity index (χ2v) is 6.33. The number of carbonyl (C=O) groups excluding carboxylic acids is 1. The summed E-state index contributed by atoms with van der Waals surface area (Å²) < 4.78 is 7.02. The van der Waals surface area contributed by atoms with E-state index in [0.29, 0.717) is 17.0 Å². The van der Waals surface area contributed by atoms with Crippen molar-refractivity contribution in [3.63, 3.8) is 0 Å². The van der Waals surface area contributed by atoms with Crippen molar-refractivity contribution in [2.45, 2.75) is 26.7 Å². The first-order chi connectivity index (χ1) is 12.9. The number of aromatic nitrogens is 2. The first kappa shape index (κ1) is 18.6. The van der Waals surface area contributed by atoms with Crippen LogP contribution in [0.5, 0.6) is 0 Å². The molecule has 1 aliphatic heterocycles. The lowest BCUT2D eigenvalue weighted by Gasteiger charge is -2.30. The lowest BCUT2D eigenvalue weighted by molar-refractivity contribution is -0.141. The van der Waals surface area contributed by atoms with Crippen molar-refractivity contribution in [2.75, 3.05) is 6.61 Å². The normalized spacial score (nSPS) is 19.6. The number of carbonyl (C=O) groups is 2. The summed E-state index contributed by atoms with van der Waals surface area (Å²) in [5.74, 6) is -3.17. The highest BCUT2D eigenvalue weighted by atomic mass is 16.5. The van der Waals surface area contributed by atoms with E-state index in [2.05, 4.69) is 9.98 Å². The number of hydrogen-bond acceptors (Lipinski definition) is 5. The van der Waals surface area contributed by atoms with Crippen LogP contribution in [-0.4, -0.2) is 38.9 Å². The first-order valence-electron chi connectivity index (χ1n) is 8.68. The fraction of sp³-hybridized carbons (Fsp3) is 0.300. The molecule has 2 unspecified atom stereocenters. The van der Waals surface area contributed by atoms with E-state index < -0.39 is 23.8 Å². The zero-order valence-corrected chi connectivity index (χ0v) is 15.4. The van der Waals surface area contributed by atoms with Crippen molar-refractivity contribution in [1.82, 2.24) is 9.55 Å². The van der Waals surface area contributed by atoms with Gasteiger partial charge in [-0.05, 0) is 38.5 Å². The second kappa shape index (κ2) is 7.57. The molecule has 2 aromatic rings. The second-order valence-electron chi connectivity index (χ2n) is 6.33. The van der Waals surface area contributed by atoms with Crippen LogP contribution < -0.4 is 0 Å². The van der Waals surface area contributed by atoms with Crippen LogP contribution in [0.25, 0.3) is 5.69 Å². The Hall–Kier alpha value is -3.22. The predicted octanol–water partition coefficient (Wildman–Crippen LogP) is 2.97. The fourth-order valence-corrected chi connectivity index (χ4v) is 3.48. The summed E-state index contributed by atoms with van der Waals surface area (Å²) in [6.45, 7) is 5.31. The highest BCUT2D eigenvalue weighted by molar-refractivity contribution is 6.06. The van der Waals surface area contributed by atoms with Crippen LogP contribution in [0, 0.1) is 5.92 Å². The number of carboxylic acids is 1. The van der Waals surface area contributed by atoms with Crippen LogP contribution in [-0.2, 0) is 14.3 Å². The Balaban J connectivity index is 2.16. The van der Waals surface area contributed by atoms with E-state index in [4.69, 9.17) is 4.74 Å². The van der Waals surface area contributed by atoms with Gasteiger partial charge in [0.1, 0.15) is 5.92 Å². The minimum Gasteiger partial charge on any atom is -0.481 e. The Morgan fingerprint density at radius 1 is 1.30 bits per heavy atom. The van der Waals surface area contributed by atoms with Crippen molar-refractivity contribution >= 4 is 17.7 Å². The summed E-state index contributed by atoms with van der Waals surface area (Å²) in [6.07, 6.45) is 5.13. The highest BCUT2D eigenvalue weighted by Gasteiger charge is 2.41. The molecule has 0 saturated carbocycles. The molecule has 3 rings (SSSR count). The third-order valence-electron chi connectivity index (χ3n) is 4.62. The molecule has 0 spiro atoms. The Labute approximate surface area is 157 Å². The quantitative estimate of drug-likeness (QED) is 0.820. The number of rotatable bonds is 5. The Morgan fingerprint density at radius 2 is 2.07 bits per heavy atom. The molecule has 1 N–H and O–H groups in total. The molecule has 0 fully saturated rings. The molecule has 0 bridgehead atoms. The smallest absolute Gasteiger partial charge is 0.336 e. The highest BCUT2D eigenvalue weighted by Crippen LogP contribution is 2.40. The van der Waals surface area contributed by atoms with Gasteiger partial charge in [0, 0.05) is 35.4 Å². The van der Waals surface area contributed by atoms with Crippen molar-refractivity contribution < 1.29 is 19.4 Å². The lowest BCUT2D eigenvalue weighted by atomic mass is 9.75. The van der Waals surface area contributed by atoms with E-state index in [1.165, 1.54) is 0 Å². The molecule has 1 aliphatic rings. The number of esters is 1. The topological polar surface area (TPSA) is 93.8 Å². The van der Waals surface area contributed by atoms with Gasteiger partial charge in [0.15, 0.2) is 0 Å². The number of carboxylic acid groups (broad SMARTS) is 1. The monoisotopic (exact) mass is 367 g/mol. The van der Waals surface area contributed by atoms with Crippen molar-refractivity contribution in [3.8, 4) is 5.69 Å². The Morgan fingerprint density at radius 3 is 2.70 bits per heavy atom. The molecule has 1 aromatic heterocycles. The van der Waals surface area contributed by atoms with Crippen molar-refractivity contribution in [3.05, 3.63) is 59.8 Å². The summed E-state index contributed by atoms with van der Waals surface area (Å²) in [4.78, 5) is 33.0. The number of hydrogen-bond donors (Lipinski definition) is 1. The Kier molecular flexibility index (Phi) is 5.21. The van der Waals surface area contributed by atoms with Gasteiger partial charge in [-0.15, -0.1) is 0 Å². The Bertz CT molecular complexity index is 928. The van der Waals surface area contributed by atoms with Gasteiger partial charge < -0.3 is 14.4 Å². The molecular weight excluding hydrogens is 346 g/mol. The van der Waals surface area contributed by atoms with Gasteiger partial charge in [0.25, 0.3) is 0 Å².